The molecule has 27 heavy (non-hydrogen) atoms. The van der Waals surface area contributed by atoms with E-state index in [9.17, 15) is 4.79 Å². The number of fused-ring (bicyclic) bond motifs is 2. The minimum absolute atomic E-state index is 0.158. The van der Waals surface area contributed by atoms with E-state index in [1.54, 1.807) is 4.68 Å². The Kier molecular flexibility index (Phi) is 4.61. The van der Waals surface area contributed by atoms with Crippen LogP contribution in [0.25, 0.3) is 21.8 Å². The Labute approximate surface area is 156 Å². The number of para-hydroxylation sites is 1. The fraction of sp³-hybridized carbons (Fsp3) is 0.143. The van der Waals surface area contributed by atoms with E-state index in [0.717, 1.165) is 27.7 Å². The zero-order chi connectivity index (χ0) is 18.6. The third-order valence-electron chi connectivity index (χ3n) is 4.49. The molecule has 6 heteroatoms. The summed E-state index contributed by atoms with van der Waals surface area (Å²) in [6.07, 6.45) is 0.280. The molecule has 0 saturated carbocycles. The van der Waals surface area contributed by atoms with Gasteiger partial charge in [0, 0.05) is 6.42 Å². The fourth-order valence-electron chi connectivity index (χ4n) is 2.97. The molecule has 134 valence electrons. The topological polar surface area (TPSA) is 72.2 Å². The van der Waals surface area contributed by atoms with Gasteiger partial charge in [-0.1, -0.05) is 53.7 Å². The lowest BCUT2D eigenvalue weighted by atomic mass is 10.0. The molecule has 4 aromatic rings. The number of hydrogen-bond acceptors (Lipinski definition) is 4. The zero-order valence-electron chi connectivity index (χ0n) is 15.0. The predicted molar refractivity (Wildman–Crippen MR) is 106 cm³/mol. The summed E-state index contributed by atoms with van der Waals surface area (Å²) in [5, 5.41) is 14.7. The van der Waals surface area contributed by atoms with Crippen LogP contribution in [0.2, 0.25) is 0 Å². The van der Waals surface area contributed by atoms with Crippen LogP contribution in [-0.4, -0.2) is 26.6 Å². The SMILES string of the molecule is C/C(=N\NC(=O)CCn1nnc2ccccc21)c1ccc2ccccc2c1. The minimum Gasteiger partial charge on any atom is -0.273 e. The van der Waals surface area contributed by atoms with E-state index in [1.807, 2.05) is 49.4 Å². The van der Waals surface area contributed by atoms with Gasteiger partial charge >= 0.3 is 0 Å². The van der Waals surface area contributed by atoms with E-state index in [0.29, 0.717) is 6.54 Å². The van der Waals surface area contributed by atoms with Gasteiger partial charge in [-0.3, -0.25) is 4.79 Å². The first-order valence-electron chi connectivity index (χ1n) is 8.81. The maximum atomic E-state index is 12.1. The number of carbonyl (C=O) groups excluding carboxylic acids is 1. The summed E-state index contributed by atoms with van der Waals surface area (Å²) < 4.78 is 1.73. The van der Waals surface area contributed by atoms with Crippen LogP contribution in [0.1, 0.15) is 18.9 Å². The maximum absolute atomic E-state index is 12.1. The Hall–Kier alpha value is -3.54. The lowest BCUT2D eigenvalue weighted by Gasteiger charge is -2.05. The molecular formula is C21H19N5O. The Morgan fingerprint density at radius 3 is 2.70 bits per heavy atom. The monoisotopic (exact) mass is 357 g/mol. The first kappa shape index (κ1) is 16.9. The smallest absolute Gasteiger partial charge is 0.241 e. The Morgan fingerprint density at radius 2 is 1.81 bits per heavy atom. The van der Waals surface area contributed by atoms with E-state index >= 15 is 0 Å². The number of benzene rings is 3. The lowest BCUT2D eigenvalue weighted by Crippen LogP contribution is -2.21. The van der Waals surface area contributed by atoms with Crippen LogP contribution in [0.3, 0.4) is 0 Å². The normalized spacial score (nSPS) is 11.8. The van der Waals surface area contributed by atoms with Gasteiger partial charge in [0.25, 0.3) is 0 Å². The summed E-state index contributed by atoms with van der Waals surface area (Å²) in [7, 11) is 0. The van der Waals surface area contributed by atoms with Gasteiger partial charge in [0.1, 0.15) is 5.52 Å². The molecule has 0 radical (unpaired) electrons. The summed E-state index contributed by atoms with van der Waals surface area (Å²) in [6.45, 7) is 2.34. The standard InChI is InChI=1S/C21H19N5O/c1-15(17-11-10-16-6-2-3-7-18(16)14-17)22-24-21(27)12-13-26-20-9-5-4-8-19(20)23-25-26/h2-11,14H,12-13H2,1H3,(H,24,27)/b22-15+. The van der Waals surface area contributed by atoms with Crippen molar-refractivity contribution in [3.8, 4) is 0 Å². The number of aryl methyl sites for hydroxylation is 1. The summed E-state index contributed by atoms with van der Waals surface area (Å²) in [4.78, 5) is 12.1. The largest absolute Gasteiger partial charge is 0.273 e. The second-order valence-electron chi connectivity index (χ2n) is 6.35. The first-order valence-corrected chi connectivity index (χ1v) is 8.81. The Bertz CT molecular complexity index is 1150. The van der Waals surface area contributed by atoms with Crippen LogP contribution in [0.15, 0.2) is 71.8 Å². The molecule has 1 heterocycles. The quantitative estimate of drug-likeness (QED) is 0.439. The summed E-state index contributed by atoms with van der Waals surface area (Å²) >= 11 is 0. The van der Waals surface area contributed by atoms with Crippen molar-refractivity contribution in [2.45, 2.75) is 19.9 Å². The molecule has 4 rings (SSSR count). The lowest BCUT2D eigenvalue weighted by molar-refractivity contribution is -0.121. The van der Waals surface area contributed by atoms with Crippen molar-refractivity contribution in [1.82, 2.24) is 20.4 Å². The number of carbonyl (C=O) groups is 1. The molecule has 0 bridgehead atoms. The molecule has 0 aliphatic heterocycles. The van der Waals surface area contributed by atoms with Gasteiger partial charge in [-0.25, -0.2) is 10.1 Å². The highest BCUT2D eigenvalue weighted by molar-refractivity contribution is 6.02. The number of hydrazone groups is 1. The highest BCUT2D eigenvalue weighted by atomic mass is 16.2. The van der Waals surface area contributed by atoms with E-state index in [4.69, 9.17) is 0 Å². The average molecular weight is 357 g/mol. The van der Waals surface area contributed by atoms with Gasteiger partial charge in [-0.2, -0.15) is 5.10 Å². The van der Waals surface area contributed by atoms with E-state index in [2.05, 4.69) is 45.1 Å². The molecule has 0 saturated heterocycles. The zero-order valence-corrected chi connectivity index (χ0v) is 15.0. The van der Waals surface area contributed by atoms with Crippen molar-refractivity contribution >= 4 is 33.4 Å². The fourth-order valence-corrected chi connectivity index (χ4v) is 2.97. The minimum atomic E-state index is -0.158. The van der Waals surface area contributed by atoms with Crippen molar-refractivity contribution in [3.63, 3.8) is 0 Å². The second kappa shape index (κ2) is 7.37. The third kappa shape index (κ3) is 3.69. The molecule has 0 fully saturated rings. The van der Waals surface area contributed by atoms with Crippen molar-refractivity contribution in [2.24, 2.45) is 5.10 Å². The van der Waals surface area contributed by atoms with Crippen LogP contribution in [0.5, 0.6) is 0 Å². The highest BCUT2D eigenvalue weighted by Crippen LogP contribution is 2.16. The molecule has 0 aliphatic rings. The summed E-state index contributed by atoms with van der Waals surface area (Å²) in [5.74, 6) is -0.158. The highest BCUT2D eigenvalue weighted by Gasteiger charge is 2.07. The molecule has 0 unspecified atom stereocenters. The van der Waals surface area contributed by atoms with Gasteiger partial charge in [-0.15, -0.1) is 5.10 Å². The third-order valence-corrected chi connectivity index (χ3v) is 4.49. The molecule has 0 spiro atoms. The van der Waals surface area contributed by atoms with Gasteiger partial charge in [-0.05, 0) is 41.5 Å². The number of aromatic nitrogens is 3. The van der Waals surface area contributed by atoms with Gasteiger partial charge in [0.2, 0.25) is 5.91 Å². The average Bonchev–Trinajstić information content (AvgIpc) is 3.13. The van der Waals surface area contributed by atoms with Gasteiger partial charge in [0.15, 0.2) is 0 Å². The Balaban J connectivity index is 1.39. The Morgan fingerprint density at radius 1 is 1.04 bits per heavy atom. The number of nitrogens with zero attached hydrogens (tertiary/aromatic N) is 4. The summed E-state index contributed by atoms with van der Waals surface area (Å²) in [5.41, 5.74) is 6.11. The number of hydrogen-bond donors (Lipinski definition) is 1. The molecule has 0 atom stereocenters. The van der Waals surface area contributed by atoms with Crippen molar-refractivity contribution < 1.29 is 4.79 Å². The predicted octanol–water partition coefficient (Wildman–Crippen LogP) is 3.52. The van der Waals surface area contributed by atoms with Gasteiger partial charge < -0.3 is 0 Å². The van der Waals surface area contributed by atoms with Crippen LogP contribution < -0.4 is 5.43 Å². The van der Waals surface area contributed by atoms with Gasteiger partial charge in [0.05, 0.1) is 17.8 Å². The van der Waals surface area contributed by atoms with Crippen LogP contribution in [0.4, 0.5) is 0 Å². The van der Waals surface area contributed by atoms with Crippen LogP contribution in [-0.2, 0) is 11.3 Å². The van der Waals surface area contributed by atoms with Crippen LogP contribution >= 0.6 is 0 Å². The van der Waals surface area contributed by atoms with Crippen molar-refractivity contribution in [3.05, 3.63) is 72.3 Å². The van der Waals surface area contributed by atoms with Crippen molar-refractivity contribution in [2.75, 3.05) is 0 Å². The molecule has 6 nitrogen and oxygen atoms in total. The molecule has 0 aliphatic carbocycles. The van der Waals surface area contributed by atoms with E-state index < -0.39 is 0 Å². The van der Waals surface area contributed by atoms with E-state index in [1.165, 1.54) is 5.39 Å². The number of nitrogens with one attached hydrogen (secondary N) is 1. The molecule has 3 aromatic carbocycles. The molecule has 1 aromatic heterocycles. The van der Waals surface area contributed by atoms with Crippen molar-refractivity contribution in [1.29, 1.82) is 0 Å². The first-order chi connectivity index (χ1) is 13.2. The second-order valence-corrected chi connectivity index (χ2v) is 6.35. The number of rotatable bonds is 5. The van der Waals surface area contributed by atoms with Crippen LogP contribution in [0, 0.1) is 0 Å². The van der Waals surface area contributed by atoms with E-state index in [-0.39, 0.29) is 12.3 Å². The summed E-state index contributed by atoms with van der Waals surface area (Å²) in [6, 6.07) is 22.0. The molecule has 1 N–H and O–H groups in total. The maximum Gasteiger partial charge on any atom is 0.241 e. The molecule has 1 amide bonds. The molecular weight excluding hydrogens is 338 g/mol. The number of amides is 1.